The monoisotopic (exact) mass is 287 g/mol. The van der Waals surface area contributed by atoms with Crippen molar-refractivity contribution < 1.29 is 9.53 Å². The summed E-state index contributed by atoms with van der Waals surface area (Å²) in [5.41, 5.74) is 2.41. The minimum Gasteiger partial charge on any atom is -0.465 e. The van der Waals surface area contributed by atoms with E-state index in [0.717, 1.165) is 10.7 Å². The molecule has 0 aliphatic rings. The van der Waals surface area contributed by atoms with Crippen molar-refractivity contribution in [3.63, 3.8) is 0 Å². The number of hydrogen-bond donors (Lipinski definition) is 0. The average Bonchev–Trinajstić information content (AvgIpc) is 3.01. The van der Waals surface area contributed by atoms with Gasteiger partial charge in [0.25, 0.3) is 0 Å². The lowest BCUT2D eigenvalue weighted by atomic mass is 10.2. The van der Waals surface area contributed by atoms with E-state index in [1.54, 1.807) is 29.7 Å². The highest BCUT2D eigenvalue weighted by Gasteiger charge is 2.14. The first kappa shape index (κ1) is 12.8. The van der Waals surface area contributed by atoms with E-state index >= 15 is 0 Å². The molecule has 0 aliphatic heterocycles. The molecule has 0 bridgehead atoms. The lowest BCUT2D eigenvalue weighted by Crippen LogP contribution is -2.03. The highest BCUT2D eigenvalue weighted by Crippen LogP contribution is 2.29. The number of esters is 1. The van der Waals surface area contributed by atoms with E-state index in [1.165, 1.54) is 17.6 Å². The zero-order valence-electron chi connectivity index (χ0n) is 11.4. The smallest absolute Gasteiger partial charge is 0.339 e. The van der Waals surface area contributed by atoms with Crippen molar-refractivity contribution in [3.05, 3.63) is 40.4 Å². The van der Waals surface area contributed by atoms with E-state index in [9.17, 15) is 4.79 Å². The van der Waals surface area contributed by atoms with Crippen LogP contribution < -0.4 is 0 Å². The van der Waals surface area contributed by atoms with Gasteiger partial charge >= 0.3 is 5.97 Å². The number of hydrogen-bond acceptors (Lipinski definition) is 5. The number of aryl methyl sites for hydroxylation is 2. The van der Waals surface area contributed by atoms with Crippen molar-refractivity contribution in [2.24, 2.45) is 0 Å². The molecule has 0 aliphatic carbocycles. The molecule has 3 heterocycles. The molecule has 3 rings (SSSR count). The Bertz CT molecular complexity index is 784. The van der Waals surface area contributed by atoms with Gasteiger partial charge < -0.3 is 4.74 Å². The summed E-state index contributed by atoms with van der Waals surface area (Å²) < 4.78 is 6.56. The summed E-state index contributed by atoms with van der Waals surface area (Å²) >= 11 is 1.67. The van der Waals surface area contributed by atoms with E-state index in [-0.39, 0.29) is 5.97 Å². The predicted molar refractivity (Wildman–Crippen MR) is 77.1 cm³/mol. The SMILES string of the molecule is COC(=O)c1ccc2nnc(-c3cc(C)c(C)s3)n2c1. The molecule has 6 heteroatoms. The number of thiophene rings is 1. The van der Waals surface area contributed by atoms with Gasteiger partial charge in [-0.1, -0.05) is 0 Å². The summed E-state index contributed by atoms with van der Waals surface area (Å²) in [6.45, 7) is 4.14. The number of fused-ring (bicyclic) bond motifs is 1. The van der Waals surface area contributed by atoms with Crippen LogP contribution in [0.5, 0.6) is 0 Å². The molecule has 0 fully saturated rings. The van der Waals surface area contributed by atoms with Gasteiger partial charge in [-0.25, -0.2) is 4.79 Å². The molecule has 5 nitrogen and oxygen atoms in total. The number of methoxy groups -OCH3 is 1. The first-order valence-electron chi connectivity index (χ1n) is 6.10. The summed E-state index contributed by atoms with van der Waals surface area (Å²) in [5.74, 6) is 0.372. The third-order valence-corrected chi connectivity index (χ3v) is 4.36. The Labute approximate surface area is 119 Å². The van der Waals surface area contributed by atoms with Crippen LogP contribution in [0.3, 0.4) is 0 Å². The molecule has 0 atom stereocenters. The lowest BCUT2D eigenvalue weighted by Gasteiger charge is -2.01. The minimum absolute atomic E-state index is 0.370. The molecule has 3 aromatic rings. The van der Waals surface area contributed by atoms with Gasteiger partial charge in [0.2, 0.25) is 0 Å². The van der Waals surface area contributed by atoms with Crippen LogP contribution in [0.4, 0.5) is 0 Å². The van der Waals surface area contributed by atoms with Crippen LogP contribution in [0.15, 0.2) is 24.4 Å². The van der Waals surface area contributed by atoms with E-state index in [1.807, 2.05) is 4.40 Å². The number of carbonyl (C=O) groups excluding carboxylic acids is 1. The van der Waals surface area contributed by atoms with Crippen LogP contribution in [0, 0.1) is 13.8 Å². The summed E-state index contributed by atoms with van der Waals surface area (Å²) in [6, 6.07) is 5.53. The molecule has 0 saturated carbocycles. The van der Waals surface area contributed by atoms with Crippen molar-refractivity contribution in [2.75, 3.05) is 7.11 Å². The van der Waals surface area contributed by atoms with Crippen LogP contribution in [-0.4, -0.2) is 27.7 Å². The van der Waals surface area contributed by atoms with Crippen LogP contribution in [-0.2, 0) is 4.74 Å². The topological polar surface area (TPSA) is 56.5 Å². The van der Waals surface area contributed by atoms with Crippen LogP contribution in [0.1, 0.15) is 20.8 Å². The molecule has 0 N–H and O–H groups in total. The second-order valence-electron chi connectivity index (χ2n) is 4.51. The summed E-state index contributed by atoms with van der Waals surface area (Å²) in [4.78, 5) is 13.9. The van der Waals surface area contributed by atoms with E-state index < -0.39 is 0 Å². The number of nitrogens with zero attached hydrogens (tertiary/aromatic N) is 3. The molecule has 0 aromatic carbocycles. The maximum Gasteiger partial charge on any atom is 0.339 e. The third kappa shape index (κ3) is 1.98. The Morgan fingerprint density at radius 1 is 1.30 bits per heavy atom. The largest absolute Gasteiger partial charge is 0.465 e. The van der Waals surface area contributed by atoms with Gasteiger partial charge in [-0.3, -0.25) is 4.40 Å². The van der Waals surface area contributed by atoms with Crippen molar-refractivity contribution in [1.82, 2.24) is 14.6 Å². The molecular weight excluding hydrogens is 274 g/mol. The molecule has 20 heavy (non-hydrogen) atoms. The maximum atomic E-state index is 11.6. The predicted octanol–water partition coefficient (Wildman–Crippen LogP) is 2.86. The van der Waals surface area contributed by atoms with Gasteiger partial charge in [0.1, 0.15) is 0 Å². The number of ether oxygens (including phenoxy) is 1. The molecule has 0 amide bonds. The lowest BCUT2D eigenvalue weighted by molar-refractivity contribution is 0.0600. The van der Waals surface area contributed by atoms with E-state index in [0.29, 0.717) is 11.2 Å². The van der Waals surface area contributed by atoms with Crippen LogP contribution in [0.25, 0.3) is 16.3 Å². The highest BCUT2D eigenvalue weighted by atomic mass is 32.1. The molecular formula is C14H13N3O2S. The fourth-order valence-corrected chi connectivity index (χ4v) is 3.00. The second-order valence-corrected chi connectivity index (χ2v) is 5.77. The van der Waals surface area contributed by atoms with E-state index in [4.69, 9.17) is 4.74 Å². The van der Waals surface area contributed by atoms with Crippen molar-refractivity contribution in [3.8, 4) is 10.7 Å². The second kappa shape index (κ2) is 4.72. The number of rotatable bonds is 2. The van der Waals surface area contributed by atoms with Crippen LogP contribution in [0.2, 0.25) is 0 Å². The first-order valence-corrected chi connectivity index (χ1v) is 6.92. The van der Waals surface area contributed by atoms with Crippen LogP contribution >= 0.6 is 11.3 Å². The zero-order valence-corrected chi connectivity index (χ0v) is 12.2. The minimum atomic E-state index is -0.370. The Kier molecular flexibility index (Phi) is 3.02. The molecule has 0 radical (unpaired) electrons. The standard InChI is InChI=1S/C14H13N3O2S/c1-8-6-11(20-9(8)2)13-16-15-12-5-4-10(7-17(12)13)14(18)19-3/h4-7H,1-3H3. The Morgan fingerprint density at radius 2 is 2.10 bits per heavy atom. The number of aromatic nitrogens is 3. The summed E-state index contributed by atoms with van der Waals surface area (Å²) in [5, 5.41) is 8.35. The quantitative estimate of drug-likeness (QED) is 0.680. The molecule has 0 saturated heterocycles. The number of carbonyl (C=O) groups is 1. The van der Waals surface area contributed by atoms with Crippen molar-refractivity contribution >= 4 is 23.0 Å². The van der Waals surface area contributed by atoms with Crippen molar-refractivity contribution in [1.29, 1.82) is 0 Å². The van der Waals surface area contributed by atoms with Gasteiger partial charge in [0, 0.05) is 11.1 Å². The number of pyridine rings is 1. The van der Waals surface area contributed by atoms with Gasteiger partial charge in [-0.15, -0.1) is 21.5 Å². The normalized spacial score (nSPS) is 10.9. The zero-order chi connectivity index (χ0) is 14.3. The molecule has 0 unspecified atom stereocenters. The Balaban J connectivity index is 2.18. The van der Waals surface area contributed by atoms with Gasteiger partial charge in [-0.2, -0.15) is 0 Å². The molecule has 102 valence electrons. The summed E-state index contributed by atoms with van der Waals surface area (Å²) in [7, 11) is 1.37. The molecule has 3 aromatic heterocycles. The first-order chi connectivity index (χ1) is 9.60. The van der Waals surface area contributed by atoms with Gasteiger partial charge in [0.05, 0.1) is 17.6 Å². The average molecular weight is 287 g/mol. The fraction of sp³-hybridized carbons (Fsp3) is 0.214. The highest BCUT2D eigenvalue weighted by molar-refractivity contribution is 7.15. The van der Waals surface area contributed by atoms with Gasteiger partial charge in [0.15, 0.2) is 11.5 Å². The Hall–Kier alpha value is -2.21. The fourth-order valence-electron chi connectivity index (χ4n) is 1.98. The summed E-state index contributed by atoms with van der Waals surface area (Å²) in [6.07, 6.45) is 1.71. The van der Waals surface area contributed by atoms with Crippen molar-refractivity contribution in [2.45, 2.75) is 13.8 Å². The molecule has 0 spiro atoms. The Morgan fingerprint density at radius 3 is 2.75 bits per heavy atom. The van der Waals surface area contributed by atoms with Gasteiger partial charge in [-0.05, 0) is 37.6 Å². The van der Waals surface area contributed by atoms with E-state index in [2.05, 4.69) is 30.1 Å². The third-order valence-electron chi connectivity index (χ3n) is 3.21. The maximum absolute atomic E-state index is 11.6.